The van der Waals surface area contributed by atoms with Crippen molar-refractivity contribution in [3.05, 3.63) is 54.1 Å². The Morgan fingerprint density at radius 1 is 0.966 bits per heavy atom. The van der Waals surface area contributed by atoms with E-state index in [4.69, 9.17) is 4.74 Å². The van der Waals surface area contributed by atoms with Gasteiger partial charge in [-0.05, 0) is 48.7 Å². The Balaban J connectivity index is 1.26. The molecule has 4 rings (SSSR count). The first-order chi connectivity index (χ1) is 14.2. The molecule has 2 aliphatic rings. The van der Waals surface area contributed by atoms with E-state index in [-0.39, 0.29) is 17.9 Å². The average molecular weight is 394 g/mol. The van der Waals surface area contributed by atoms with E-state index in [2.05, 4.69) is 33.0 Å². The molecule has 0 atom stereocenters. The van der Waals surface area contributed by atoms with Crippen molar-refractivity contribution in [2.24, 2.45) is 5.92 Å². The van der Waals surface area contributed by atoms with Gasteiger partial charge in [0.05, 0.1) is 13.2 Å². The molecule has 2 fully saturated rings. The Kier molecular flexibility index (Phi) is 5.95. The number of nitrogens with zero attached hydrogens (tertiary/aromatic N) is 1. The molecule has 1 aliphatic heterocycles. The summed E-state index contributed by atoms with van der Waals surface area (Å²) in [5.41, 5.74) is 3.53. The number of morpholine rings is 1. The Bertz CT molecular complexity index is 859. The first kappa shape index (κ1) is 19.3. The normalized spacial score (nSPS) is 16.2. The van der Waals surface area contributed by atoms with Crippen LogP contribution in [0.1, 0.15) is 18.4 Å². The molecule has 7 heteroatoms. The molecule has 1 aliphatic carbocycles. The molecule has 152 valence electrons. The molecule has 3 N–H and O–H groups in total. The zero-order valence-electron chi connectivity index (χ0n) is 16.3. The summed E-state index contributed by atoms with van der Waals surface area (Å²) < 4.78 is 5.38. The fourth-order valence-corrected chi connectivity index (χ4v) is 3.27. The summed E-state index contributed by atoms with van der Waals surface area (Å²) in [5.74, 6) is 0.191. The molecule has 0 unspecified atom stereocenters. The third kappa shape index (κ3) is 5.48. The zero-order valence-corrected chi connectivity index (χ0v) is 16.3. The lowest BCUT2D eigenvalue weighted by molar-refractivity contribution is -0.117. The van der Waals surface area contributed by atoms with Crippen molar-refractivity contribution in [1.82, 2.24) is 5.32 Å². The van der Waals surface area contributed by atoms with Crippen LogP contribution in [0.15, 0.2) is 48.5 Å². The van der Waals surface area contributed by atoms with Gasteiger partial charge in [0, 0.05) is 42.6 Å². The van der Waals surface area contributed by atoms with Gasteiger partial charge in [-0.2, -0.15) is 0 Å². The van der Waals surface area contributed by atoms with Gasteiger partial charge in [0.2, 0.25) is 5.91 Å². The summed E-state index contributed by atoms with van der Waals surface area (Å²) in [6.07, 6.45) is 1.92. The van der Waals surface area contributed by atoms with Crippen molar-refractivity contribution in [3.63, 3.8) is 0 Å². The number of rotatable bonds is 6. The van der Waals surface area contributed by atoms with E-state index in [1.54, 1.807) is 12.1 Å². The Hall–Kier alpha value is -3.06. The first-order valence-corrected chi connectivity index (χ1v) is 10.0. The van der Waals surface area contributed by atoms with Crippen LogP contribution in [-0.4, -0.2) is 38.2 Å². The number of hydrogen-bond donors (Lipinski definition) is 3. The number of carbonyl (C=O) groups is 2. The molecular formula is C22H26N4O3. The summed E-state index contributed by atoms with van der Waals surface area (Å²) in [6, 6.07) is 15.1. The summed E-state index contributed by atoms with van der Waals surface area (Å²) >= 11 is 0. The van der Waals surface area contributed by atoms with Gasteiger partial charge in [-0.15, -0.1) is 0 Å². The molecule has 0 spiro atoms. The summed E-state index contributed by atoms with van der Waals surface area (Å²) in [5, 5.41) is 8.56. The molecule has 7 nitrogen and oxygen atoms in total. The van der Waals surface area contributed by atoms with E-state index in [1.807, 2.05) is 24.3 Å². The number of anilines is 3. The SMILES string of the molecule is O=C(NCc1ccc(N2CCOCC2)cc1)Nc1cccc(NC(=O)C2CC2)c1. The largest absolute Gasteiger partial charge is 0.378 e. The fraction of sp³-hybridized carbons (Fsp3) is 0.364. The smallest absolute Gasteiger partial charge is 0.319 e. The number of nitrogens with one attached hydrogen (secondary N) is 3. The molecule has 1 saturated carbocycles. The molecule has 29 heavy (non-hydrogen) atoms. The van der Waals surface area contributed by atoms with Gasteiger partial charge >= 0.3 is 6.03 Å². The molecule has 2 aromatic rings. The van der Waals surface area contributed by atoms with Crippen LogP contribution >= 0.6 is 0 Å². The van der Waals surface area contributed by atoms with E-state index in [0.717, 1.165) is 44.7 Å². The monoisotopic (exact) mass is 394 g/mol. The lowest BCUT2D eigenvalue weighted by Gasteiger charge is -2.28. The molecule has 0 aromatic heterocycles. The van der Waals surface area contributed by atoms with Crippen molar-refractivity contribution in [1.29, 1.82) is 0 Å². The van der Waals surface area contributed by atoms with Crippen molar-refractivity contribution < 1.29 is 14.3 Å². The zero-order chi connectivity index (χ0) is 20.1. The maximum atomic E-state index is 12.2. The minimum Gasteiger partial charge on any atom is -0.378 e. The van der Waals surface area contributed by atoms with E-state index in [1.165, 1.54) is 5.69 Å². The van der Waals surface area contributed by atoms with Crippen molar-refractivity contribution in [2.75, 3.05) is 41.8 Å². The van der Waals surface area contributed by atoms with Crippen LogP contribution in [0, 0.1) is 5.92 Å². The van der Waals surface area contributed by atoms with Gasteiger partial charge in [0.25, 0.3) is 0 Å². The highest BCUT2D eigenvalue weighted by Gasteiger charge is 2.29. The number of amides is 3. The minimum absolute atomic E-state index is 0.0483. The maximum absolute atomic E-state index is 12.2. The van der Waals surface area contributed by atoms with Gasteiger partial charge in [-0.1, -0.05) is 18.2 Å². The highest BCUT2D eigenvalue weighted by atomic mass is 16.5. The second-order valence-corrected chi connectivity index (χ2v) is 7.42. The molecule has 2 aromatic carbocycles. The second kappa shape index (κ2) is 8.96. The van der Waals surface area contributed by atoms with Gasteiger partial charge in [-0.25, -0.2) is 4.79 Å². The summed E-state index contributed by atoms with van der Waals surface area (Å²) in [6.45, 7) is 3.76. The van der Waals surface area contributed by atoms with Crippen LogP contribution in [0.3, 0.4) is 0 Å². The summed E-state index contributed by atoms with van der Waals surface area (Å²) in [4.78, 5) is 26.4. The predicted molar refractivity (Wildman–Crippen MR) is 113 cm³/mol. The fourth-order valence-electron chi connectivity index (χ4n) is 3.27. The standard InChI is InChI=1S/C22H26N4O3/c27-21(17-6-7-17)24-18-2-1-3-19(14-18)25-22(28)23-15-16-4-8-20(9-5-16)26-10-12-29-13-11-26/h1-5,8-9,14,17H,6-7,10-13,15H2,(H,24,27)(H2,23,25,28). The number of ether oxygens (including phenoxy) is 1. The highest BCUT2D eigenvalue weighted by molar-refractivity contribution is 5.95. The molecule has 1 heterocycles. The van der Waals surface area contributed by atoms with Crippen LogP contribution in [0.2, 0.25) is 0 Å². The van der Waals surface area contributed by atoms with E-state index in [9.17, 15) is 9.59 Å². The van der Waals surface area contributed by atoms with Crippen LogP contribution in [0.5, 0.6) is 0 Å². The molecule has 0 radical (unpaired) electrons. The molecule has 3 amide bonds. The molecule has 0 bridgehead atoms. The van der Waals surface area contributed by atoms with Gasteiger partial charge in [0.1, 0.15) is 0 Å². The summed E-state index contributed by atoms with van der Waals surface area (Å²) in [7, 11) is 0. The highest BCUT2D eigenvalue weighted by Crippen LogP contribution is 2.30. The Morgan fingerprint density at radius 3 is 2.34 bits per heavy atom. The number of urea groups is 1. The number of hydrogen-bond acceptors (Lipinski definition) is 4. The van der Waals surface area contributed by atoms with Crippen molar-refractivity contribution >= 4 is 29.0 Å². The third-order valence-electron chi connectivity index (χ3n) is 5.10. The van der Waals surface area contributed by atoms with Crippen molar-refractivity contribution in [3.8, 4) is 0 Å². The molecular weight excluding hydrogens is 368 g/mol. The van der Waals surface area contributed by atoms with Gasteiger partial charge < -0.3 is 25.6 Å². The van der Waals surface area contributed by atoms with Crippen LogP contribution in [0.4, 0.5) is 21.9 Å². The van der Waals surface area contributed by atoms with Crippen LogP contribution < -0.4 is 20.9 Å². The lowest BCUT2D eigenvalue weighted by Crippen LogP contribution is -2.36. The van der Waals surface area contributed by atoms with Crippen LogP contribution in [-0.2, 0) is 16.1 Å². The number of carbonyl (C=O) groups excluding carboxylic acids is 2. The van der Waals surface area contributed by atoms with Crippen LogP contribution in [0.25, 0.3) is 0 Å². The van der Waals surface area contributed by atoms with Crippen molar-refractivity contribution in [2.45, 2.75) is 19.4 Å². The average Bonchev–Trinajstić information content (AvgIpc) is 3.59. The van der Waals surface area contributed by atoms with E-state index in [0.29, 0.717) is 17.9 Å². The molecule has 1 saturated heterocycles. The van der Waals surface area contributed by atoms with Gasteiger partial charge in [0.15, 0.2) is 0 Å². The van der Waals surface area contributed by atoms with E-state index >= 15 is 0 Å². The quantitative estimate of drug-likeness (QED) is 0.703. The van der Waals surface area contributed by atoms with E-state index < -0.39 is 0 Å². The lowest BCUT2D eigenvalue weighted by atomic mass is 10.2. The first-order valence-electron chi connectivity index (χ1n) is 10.0. The second-order valence-electron chi connectivity index (χ2n) is 7.42. The minimum atomic E-state index is -0.284. The Labute approximate surface area is 170 Å². The Morgan fingerprint density at radius 2 is 1.66 bits per heavy atom. The third-order valence-corrected chi connectivity index (χ3v) is 5.10. The maximum Gasteiger partial charge on any atom is 0.319 e. The predicted octanol–water partition coefficient (Wildman–Crippen LogP) is 3.19. The van der Waals surface area contributed by atoms with Gasteiger partial charge in [-0.3, -0.25) is 4.79 Å². The number of benzene rings is 2. The topological polar surface area (TPSA) is 82.7 Å².